The Bertz CT molecular complexity index is 1070. The first-order valence-electron chi connectivity index (χ1n) is 10.7. The van der Waals surface area contributed by atoms with Crippen molar-refractivity contribution in [2.24, 2.45) is 0 Å². The lowest BCUT2D eigenvalue weighted by atomic mass is 9.94. The van der Waals surface area contributed by atoms with Crippen LogP contribution in [0, 0.1) is 6.92 Å². The molecule has 4 rings (SSSR count). The van der Waals surface area contributed by atoms with Gasteiger partial charge in [0.05, 0.1) is 5.52 Å². The van der Waals surface area contributed by atoms with Crippen LogP contribution in [0.2, 0.25) is 0 Å². The number of para-hydroxylation sites is 2. The van der Waals surface area contributed by atoms with Crippen LogP contribution in [0.5, 0.6) is 0 Å². The Kier molecular flexibility index (Phi) is 5.62. The van der Waals surface area contributed by atoms with Gasteiger partial charge in [0.15, 0.2) is 0 Å². The normalized spacial score (nSPS) is 18.5. The first-order valence-corrected chi connectivity index (χ1v) is 10.7. The van der Waals surface area contributed by atoms with Crippen molar-refractivity contribution in [2.75, 3.05) is 6.54 Å². The van der Waals surface area contributed by atoms with Gasteiger partial charge in [-0.15, -0.1) is 0 Å². The van der Waals surface area contributed by atoms with Crippen molar-refractivity contribution < 1.29 is 9.59 Å². The van der Waals surface area contributed by atoms with Crippen molar-refractivity contribution in [1.29, 1.82) is 0 Å². The molecule has 1 atom stereocenters. The van der Waals surface area contributed by atoms with Crippen LogP contribution >= 0.6 is 0 Å². The summed E-state index contributed by atoms with van der Waals surface area (Å²) < 4.78 is 2.29. The summed E-state index contributed by atoms with van der Waals surface area (Å²) in [5.41, 5.74) is 4.57. The highest BCUT2D eigenvalue weighted by atomic mass is 16.2. The number of carbonyl (C=O) groups is 2. The van der Waals surface area contributed by atoms with Crippen molar-refractivity contribution in [3.63, 3.8) is 0 Å². The number of amides is 2. The smallest absolute Gasteiger partial charge is 0.220 e. The maximum Gasteiger partial charge on any atom is 0.220 e. The molecular formula is C25H29N3O2. The highest BCUT2D eigenvalue weighted by molar-refractivity contribution is 5.87. The largest absolute Gasteiger partial charge is 0.356 e. The van der Waals surface area contributed by atoms with Gasteiger partial charge in [0.1, 0.15) is 0 Å². The van der Waals surface area contributed by atoms with Crippen LogP contribution in [-0.4, -0.2) is 28.5 Å². The number of benzene rings is 2. The first kappa shape index (κ1) is 20.2. The Labute approximate surface area is 177 Å². The van der Waals surface area contributed by atoms with Gasteiger partial charge in [0, 0.05) is 41.7 Å². The topological polar surface area (TPSA) is 63.1 Å². The molecule has 3 aromatic rings. The van der Waals surface area contributed by atoms with Crippen molar-refractivity contribution in [2.45, 2.75) is 51.5 Å². The van der Waals surface area contributed by atoms with Gasteiger partial charge in [-0.1, -0.05) is 36.4 Å². The summed E-state index contributed by atoms with van der Waals surface area (Å²) in [7, 11) is 0. The van der Waals surface area contributed by atoms with Gasteiger partial charge in [0.25, 0.3) is 0 Å². The predicted molar refractivity (Wildman–Crippen MR) is 120 cm³/mol. The zero-order valence-corrected chi connectivity index (χ0v) is 17.7. The molecule has 2 heterocycles. The maximum absolute atomic E-state index is 12.4. The van der Waals surface area contributed by atoms with Crippen molar-refractivity contribution in [1.82, 2.24) is 15.2 Å². The Morgan fingerprint density at radius 2 is 1.87 bits per heavy atom. The summed E-state index contributed by atoms with van der Waals surface area (Å²) in [6.45, 7) is 4.77. The van der Waals surface area contributed by atoms with Crippen LogP contribution < -0.4 is 10.6 Å². The molecule has 5 nitrogen and oxygen atoms in total. The number of rotatable bonds is 7. The minimum atomic E-state index is -0.242. The second-order valence-corrected chi connectivity index (χ2v) is 8.46. The summed E-state index contributed by atoms with van der Waals surface area (Å²) in [5, 5.41) is 7.29. The number of carbonyl (C=O) groups excluding carboxylic acids is 2. The van der Waals surface area contributed by atoms with E-state index in [-0.39, 0.29) is 17.4 Å². The molecule has 0 radical (unpaired) electrons. The van der Waals surface area contributed by atoms with Crippen molar-refractivity contribution in [3.05, 3.63) is 65.9 Å². The third kappa shape index (κ3) is 4.11. The molecule has 156 valence electrons. The second-order valence-electron chi connectivity index (χ2n) is 8.46. The molecular weight excluding hydrogens is 374 g/mol. The zero-order valence-electron chi connectivity index (χ0n) is 17.7. The first-order chi connectivity index (χ1) is 14.5. The Balaban J connectivity index is 1.43. The van der Waals surface area contributed by atoms with E-state index < -0.39 is 0 Å². The summed E-state index contributed by atoms with van der Waals surface area (Å²) >= 11 is 0. The van der Waals surface area contributed by atoms with Gasteiger partial charge in [-0.05, 0) is 56.9 Å². The minimum Gasteiger partial charge on any atom is -0.356 e. The van der Waals surface area contributed by atoms with Gasteiger partial charge < -0.3 is 15.2 Å². The molecule has 1 fully saturated rings. The summed E-state index contributed by atoms with van der Waals surface area (Å²) in [6.07, 6.45) is 3.25. The van der Waals surface area contributed by atoms with Gasteiger partial charge in [-0.3, -0.25) is 9.59 Å². The number of hydrogen-bond donors (Lipinski definition) is 2. The lowest BCUT2D eigenvalue weighted by molar-refractivity contribution is -0.122. The molecule has 0 unspecified atom stereocenters. The number of nitrogens with zero attached hydrogens (tertiary/aromatic N) is 1. The number of aromatic nitrogens is 1. The third-order valence-corrected chi connectivity index (χ3v) is 6.20. The molecule has 0 saturated carbocycles. The van der Waals surface area contributed by atoms with Gasteiger partial charge in [0.2, 0.25) is 11.8 Å². The van der Waals surface area contributed by atoms with E-state index in [9.17, 15) is 9.59 Å². The fraction of sp³-hybridized carbons (Fsp3) is 0.360. The fourth-order valence-corrected chi connectivity index (χ4v) is 4.50. The SMILES string of the molecule is Cc1c(CCNC(=O)CC[C@@]2(C)CCC(=O)N2)c2ccccc2n1-c1ccccc1. The summed E-state index contributed by atoms with van der Waals surface area (Å²) in [6, 6.07) is 18.8. The molecule has 1 aliphatic rings. The lowest BCUT2D eigenvalue weighted by Gasteiger charge is -2.23. The number of hydrogen-bond acceptors (Lipinski definition) is 2. The fourth-order valence-electron chi connectivity index (χ4n) is 4.50. The van der Waals surface area contributed by atoms with E-state index in [2.05, 4.69) is 70.7 Å². The molecule has 1 aliphatic heterocycles. The third-order valence-electron chi connectivity index (χ3n) is 6.20. The molecule has 5 heteroatoms. The highest BCUT2D eigenvalue weighted by Crippen LogP contribution is 2.29. The van der Waals surface area contributed by atoms with Crippen LogP contribution in [0.1, 0.15) is 43.9 Å². The molecule has 0 spiro atoms. The van der Waals surface area contributed by atoms with Crippen LogP contribution in [0.4, 0.5) is 0 Å². The monoisotopic (exact) mass is 403 g/mol. The molecule has 1 aromatic heterocycles. The number of fused-ring (bicyclic) bond motifs is 1. The van der Waals surface area contributed by atoms with Crippen molar-refractivity contribution >= 4 is 22.7 Å². The average molecular weight is 404 g/mol. The predicted octanol–water partition coefficient (Wildman–Crippen LogP) is 4.05. The van der Waals surface area contributed by atoms with Crippen LogP contribution in [0.3, 0.4) is 0 Å². The Hall–Kier alpha value is -3.08. The van der Waals surface area contributed by atoms with Gasteiger partial charge in [-0.25, -0.2) is 0 Å². The highest BCUT2D eigenvalue weighted by Gasteiger charge is 2.32. The molecule has 2 aromatic carbocycles. The van der Waals surface area contributed by atoms with Gasteiger partial charge in [-0.2, -0.15) is 0 Å². The van der Waals surface area contributed by atoms with Crippen LogP contribution in [0.15, 0.2) is 54.6 Å². The van der Waals surface area contributed by atoms with E-state index in [1.165, 1.54) is 22.2 Å². The molecule has 0 aliphatic carbocycles. The minimum absolute atomic E-state index is 0.0434. The standard InChI is InChI=1S/C25H29N3O2/c1-18-20(14-17-26-23(29)12-15-25(2)16-13-24(30)27-25)21-10-6-7-11-22(21)28(18)19-8-4-3-5-9-19/h3-11H,12-17H2,1-2H3,(H,26,29)(H,27,30)/t25-/m0/s1. The van der Waals surface area contributed by atoms with Crippen LogP contribution in [-0.2, 0) is 16.0 Å². The van der Waals surface area contributed by atoms with E-state index in [4.69, 9.17) is 0 Å². The van der Waals surface area contributed by atoms with E-state index >= 15 is 0 Å². The Morgan fingerprint density at radius 3 is 2.60 bits per heavy atom. The van der Waals surface area contributed by atoms with Crippen molar-refractivity contribution in [3.8, 4) is 5.69 Å². The average Bonchev–Trinajstić information content (AvgIpc) is 3.24. The van der Waals surface area contributed by atoms with E-state index in [1.807, 2.05) is 13.0 Å². The molecule has 2 N–H and O–H groups in total. The number of nitrogens with one attached hydrogen (secondary N) is 2. The maximum atomic E-state index is 12.4. The van der Waals surface area contributed by atoms with E-state index in [1.54, 1.807) is 0 Å². The zero-order chi connectivity index (χ0) is 21.1. The molecule has 1 saturated heterocycles. The van der Waals surface area contributed by atoms with Crippen LogP contribution in [0.25, 0.3) is 16.6 Å². The Morgan fingerprint density at radius 1 is 1.13 bits per heavy atom. The quantitative estimate of drug-likeness (QED) is 0.625. The summed E-state index contributed by atoms with van der Waals surface area (Å²) in [5.74, 6) is 0.130. The molecule has 2 amide bonds. The molecule has 30 heavy (non-hydrogen) atoms. The van der Waals surface area contributed by atoms with E-state index in [0.29, 0.717) is 25.8 Å². The molecule has 0 bridgehead atoms. The second kappa shape index (κ2) is 8.34. The van der Waals surface area contributed by atoms with Gasteiger partial charge >= 0.3 is 0 Å². The lowest BCUT2D eigenvalue weighted by Crippen LogP contribution is -2.39. The summed E-state index contributed by atoms with van der Waals surface area (Å²) in [4.78, 5) is 23.8. The van der Waals surface area contributed by atoms with E-state index in [0.717, 1.165) is 18.5 Å².